The van der Waals surface area contributed by atoms with Crippen LogP contribution in [0.15, 0.2) is 24.3 Å². The van der Waals surface area contributed by atoms with Crippen LogP contribution in [0.5, 0.6) is 0 Å². The maximum atomic E-state index is 11.9. The van der Waals surface area contributed by atoms with E-state index in [0.717, 1.165) is 77.3 Å². The highest BCUT2D eigenvalue weighted by Crippen LogP contribution is 2.01. The van der Waals surface area contributed by atoms with Crippen molar-refractivity contribution in [2.75, 3.05) is 32.7 Å². The van der Waals surface area contributed by atoms with E-state index in [4.69, 9.17) is 0 Å². The highest BCUT2D eigenvalue weighted by molar-refractivity contribution is 5.76. The number of rotatable bonds is 22. The van der Waals surface area contributed by atoms with Crippen molar-refractivity contribution in [3.63, 3.8) is 0 Å². The monoisotopic (exact) mass is 465 g/mol. The van der Waals surface area contributed by atoms with Crippen molar-refractivity contribution in [3.05, 3.63) is 24.3 Å². The van der Waals surface area contributed by atoms with Gasteiger partial charge in [0.2, 0.25) is 11.8 Å². The fraction of sp³-hybridized carbons (Fsp3) is 0.778. The van der Waals surface area contributed by atoms with Gasteiger partial charge in [-0.3, -0.25) is 9.59 Å². The van der Waals surface area contributed by atoms with Crippen LogP contribution >= 0.6 is 0 Å². The number of carbonyl (C=O) groups excluding carboxylic acids is 2. The minimum atomic E-state index is -0.393. The molecule has 33 heavy (non-hydrogen) atoms. The van der Waals surface area contributed by atoms with E-state index >= 15 is 0 Å². The lowest BCUT2D eigenvalue weighted by Gasteiger charge is -2.23. The Kier molecular flexibility index (Phi) is 22.3. The zero-order valence-corrected chi connectivity index (χ0v) is 21.6. The second-order valence-electron chi connectivity index (χ2n) is 8.86. The molecule has 0 heterocycles. The molecule has 1 unspecified atom stereocenters. The van der Waals surface area contributed by atoms with Crippen LogP contribution in [0.4, 0.5) is 0 Å². The van der Waals surface area contributed by atoms with E-state index in [0.29, 0.717) is 32.5 Å². The van der Waals surface area contributed by atoms with Crippen LogP contribution in [0.3, 0.4) is 0 Å². The van der Waals surface area contributed by atoms with E-state index in [1.165, 1.54) is 0 Å². The smallest absolute Gasteiger partial charge is 0.220 e. The Labute approximate surface area is 203 Å². The van der Waals surface area contributed by atoms with Gasteiger partial charge in [0, 0.05) is 32.5 Å². The summed E-state index contributed by atoms with van der Waals surface area (Å²) in [5.41, 5.74) is 0. The number of aliphatic hydroxyl groups is 1. The van der Waals surface area contributed by atoms with E-state index in [2.05, 4.69) is 53.7 Å². The summed E-state index contributed by atoms with van der Waals surface area (Å²) in [6.07, 6.45) is 19.4. The number of nitrogens with zero attached hydrogens (tertiary/aromatic N) is 1. The maximum Gasteiger partial charge on any atom is 0.220 e. The van der Waals surface area contributed by atoms with Crippen molar-refractivity contribution >= 4 is 11.8 Å². The summed E-state index contributed by atoms with van der Waals surface area (Å²) in [5, 5.41) is 15.8. The molecule has 0 aromatic heterocycles. The number of nitrogens with one attached hydrogen (secondary N) is 2. The number of aliphatic hydroxyl groups excluding tert-OH is 1. The predicted molar refractivity (Wildman–Crippen MR) is 139 cm³/mol. The standard InChI is InChI=1S/C27H51N3O3/c1-4-6-8-10-12-14-18-26(32)28-20-16-22-30(24-25(3)31)23-17-21-29-27(33)19-15-13-11-9-7-5-2/h8-11,25,31H,4-7,12-24H2,1-3H3,(H,28,32)(H,29,33)/b10-8+,11-9+. The average Bonchev–Trinajstić information content (AvgIpc) is 2.78. The predicted octanol–water partition coefficient (Wildman–Crippen LogP) is 4.74. The number of allylic oxidation sites excluding steroid dienone is 4. The van der Waals surface area contributed by atoms with Crippen LogP contribution in [0.1, 0.15) is 97.8 Å². The zero-order chi connectivity index (χ0) is 24.6. The topological polar surface area (TPSA) is 81.7 Å². The third kappa shape index (κ3) is 23.3. The summed E-state index contributed by atoms with van der Waals surface area (Å²) in [5.74, 6) is 0.231. The fourth-order valence-electron chi connectivity index (χ4n) is 3.47. The summed E-state index contributed by atoms with van der Waals surface area (Å²) in [7, 11) is 0. The first kappa shape index (κ1) is 31.3. The van der Waals surface area contributed by atoms with Crippen LogP contribution in [0.2, 0.25) is 0 Å². The van der Waals surface area contributed by atoms with E-state index in [1.807, 2.05) is 0 Å². The summed E-state index contributed by atoms with van der Waals surface area (Å²) >= 11 is 0. The summed E-state index contributed by atoms with van der Waals surface area (Å²) < 4.78 is 0. The van der Waals surface area contributed by atoms with Crippen molar-refractivity contribution in [3.8, 4) is 0 Å². The van der Waals surface area contributed by atoms with Gasteiger partial charge in [0.1, 0.15) is 0 Å². The third-order valence-corrected chi connectivity index (χ3v) is 5.26. The van der Waals surface area contributed by atoms with Gasteiger partial charge < -0.3 is 20.6 Å². The summed E-state index contributed by atoms with van der Waals surface area (Å²) in [4.78, 5) is 26.1. The molecule has 1 atom stereocenters. The van der Waals surface area contributed by atoms with Gasteiger partial charge in [-0.1, -0.05) is 51.0 Å². The van der Waals surface area contributed by atoms with Crippen LogP contribution in [-0.4, -0.2) is 60.6 Å². The van der Waals surface area contributed by atoms with Gasteiger partial charge in [-0.15, -0.1) is 0 Å². The van der Waals surface area contributed by atoms with Gasteiger partial charge in [-0.25, -0.2) is 0 Å². The Bertz CT molecular complexity index is 491. The lowest BCUT2D eigenvalue weighted by atomic mass is 10.2. The van der Waals surface area contributed by atoms with Crippen LogP contribution in [0, 0.1) is 0 Å². The quantitative estimate of drug-likeness (QED) is 0.159. The SMILES string of the molecule is CCC/C=C/CCCC(=O)NCCCN(CCCNC(=O)CCC/C=C/CCC)CC(C)O. The maximum absolute atomic E-state index is 11.9. The van der Waals surface area contributed by atoms with Crippen LogP contribution in [-0.2, 0) is 9.59 Å². The molecule has 6 heteroatoms. The van der Waals surface area contributed by atoms with E-state index in [1.54, 1.807) is 6.92 Å². The molecule has 6 nitrogen and oxygen atoms in total. The Balaban J connectivity index is 3.89. The number of hydrogen-bond donors (Lipinski definition) is 3. The van der Waals surface area contributed by atoms with Crippen molar-refractivity contribution in [1.29, 1.82) is 0 Å². The number of carbonyl (C=O) groups is 2. The molecule has 0 aliphatic carbocycles. The first-order valence-electron chi connectivity index (χ1n) is 13.2. The van der Waals surface area contributed by atoms with E-state index in [-0.39, 0.29) is 11.8 Å². The summed E-state index contributed by atoms with van der Waals surface area (Å²) in [6.45, 7) is 9.68. The first-order valence-corrected chi connectivity index (χ1v) is 13.2. The average molecular weight is 466 g/mol. The van der Waals surface area contributed by atoms with Gasteiger partial charge in [0.05, 0.1) is 6.10 Å². The van der Waals surface area contributed by atoms with E-state index < -0.39 is 6.10 Å². The minimum absolute atomic E-state index is 0.115. The minimum Gasteiger partial charge on any atom is -0.392 e. The highest BCUT2D eigenvalue weighted by Gasteiger charge is 2.09. The molecule has 0 fully saturated rings. The fourth-order valence-corrected chi connectivity index (χ4v) is 3.47. The van der Waals surface area contributed by atoms with Gasteiger partial charge in [0.25, 0.3) is 0 Å². The highest BCUT2D eigenvalue weighted by atomic mass is 16.3. The molecular formula is C27H51N3O3. The Morgan fingerprint density at radius 3 is 1.58 bits per heavy atom. The van der Waals surface area contributed by atoms with Gasteiger partial charge in [-0.2, -0.15) is 0 Å². The van der Waals surface area contributed by atoms with Crippen LogP contribution < -0.4 is 10.6 Å². The molecule has 0 aliphatic heterocycles. The molecule has 0 aromatic carbocycles. The lowest BCUT2D eigenvalue weighted by Crippen LogP contribution is -2.36. The molecule has 2 amide bonds. The Morgan fingerprint density at radius 1 is 0.758 bits per heavy atom. The molecule has 0 aromatic rings. The molecule has 0 rings (SSSR count). The van der Waals surface area contributed by atoms with E-state index in [9.17, 15) is 14.7 Å². The number of hydrogen-bond acceptors (Lipinski definition) is 4. The normalized spacial score (nSPS) is 12.6. The molecule has 3 N–H and O–H groups in total. The number of amides is 2. The zero-order valence-electron chi connectivity index (χ0n) is 21.6. The molecule has 0 saturated heterocycles. The van der Waals surface area contributed by atoms with Crippen molar-refractivity contribution in [2.24, 2.45) is 0 Å². The van der Waals surface area contributed by atoms with Crippen LogP contribution in [0.25, 0.3) is 0 Å². The largest absolute Gasteiger partial charge is 0.392 e. The molecule has 0 radical (unpaired) electrons. The second kappa shape index (κ2) is 23.5. The Hall–Kier alpha value is -1.66. The molecule has 0 bridgehead atoms. The summed E-state index contributed by atoms with van der Waals surface area (Å²) in [6, 6.07) is 0. The van der Waals surface area contributed by atoms with Crippen molar-refractivity contribution < 1.29 is 14.7 Å². The first-order chi connectivity index (χ1) is 16.0. The van der Waals surface area contributed by atoms with Crippen molar-refractivity contribution in [1.82, 2.24) is 15.5 Å². The second-order valence-corrected chi connectivity index (χ2v) is 8.86. The molecule has 0 saturated carbocycles. The molecule has 192 valence electrons. The lowest BCUT2D eigenvalue weighted by molar-refractivity contribution is -0.122. The van der Waals surface area contributed by atoms with Gasteiger partial charge in [-0.05, 0) is 71.4 Å². The van der Waals surface area contributed by atoms with Gasteiger partial charge >= 0.3 is 0 Å². The molecule has 0 aliphatic rings. The molecule has 0 spiro atoms. The number of unbranched alkanes of at least 4 members (excludes halogenated alkanes) is 4. The molecular weight excluding hydrogens is 414 g/mol. The Morgan fingerprint density at radius 2 is 1.18 bits per heavy atom. The third-order valence-electron chi connectivity index (χ3n) is 5.26. The van der Waals surface area contributed by atoms with Gasteiger partial charge in [0.15, 0.2) is 0 Å². The van der Waals surface area contributed by atoms with Crippen molar-refractivity contribution in [2.45, 2.75) is 104 Å².